The van der Waals surface area contributed by atoms with Gasteiger partial charge < -0.3 is 9.47 Å². The molecule has 2 aliphatic heterocycles. The predicted octanol–water partition coefficient (Wildman–Crippen LogP) is 4.39. The maximum atomic E-state index is 12.9. The molecule has 0 bridgehead atoms. The van der Waals surface area contributed by atoms with Gasteiger partial charge in [-0.3, -0.25) is 4.90 Å². The predicted molar refractivity (Wildman–Crippen MR) is 93.0 cm³/mol. The van der Waals surface area contributed by atoms with Gasteiger partial charge in [-0.25, -0.2) is 4.39 Å². The van der Waals surface area contributed by atoms with E-state index in [0.717, 1.165) is 38.4 Å². The summed E-state index contributed by atoms with van der Waals surface area (Å²) in [6.45, 7) is 3.71. The van der Waals surface area contributed by atoms with E-state index >= 15 is 0 Å². The zero-order valence-electron chi connectivity index (χ0n) is 13.6. The van der Waals surface area contributed by atoms with Crippen molar-refractivity contribution in [3.63, 3.8) is 0 Å². The van der Waals surface area contributed by atoms with Crippen molar-refractivity contribution >= 4 is 11.3 Å². The van der Waals surface area contributed by atoms with Gasteiger partial charge >= 0.3 is 0 Å². The Morgan fingerprint density at radius 3 is 2.71 bits per heavy atom. The molecule has 1 atom stereocenters. The first-order valence-corrected chi connectivity index (χ1v) is 9.43. The molecule has 128 valence electrons. The monoisotopic (exact) mass is 347 g/mol. The van der Waals surface area contributed by atoms with Crippen molar-refractivity contribution in [1.29, 1.82) is 0 Å². The Labute approximate surface area is 146 Å². The molecule has 24 heavy (non-hydrogen) atoms. The highest BCUT2D eigenvalue weighted by Gasteiger charge is 2.29. The molecule has 0 spiro atoms. The minimum Gasteiger partial charge on any atom is -0.488 e. The number of thiophene rings is 1. The van der Waals surface area contributed by atoms with Crippen LogP contribution in [0.1, 0.15) is 35.1 Å². The van der Waals surface area contributed by atoms with Crippen LogP contribution in [0.15, 0.2) is 36.4 Å². The zero-order chi connectivity index (χ0) is 16.4. The molecule has 3 heterocycles. The highest BCUT2D eigenvalue weighted by molar-refractivity contribution is 7.12. The maximum absolute atomic E-state index is 12.9. The van der Waals surface area contributed by atoms with Crippen molar-refractivity contribution in [3.05, 3.63) is 52.0 Å². The second-order valence-electron chi connectivity index (χ2n) is 6.55. The standard InChI is InChI=1S/C19H22FNO2S/c20-14-4-6-15(7-5-14)23-16-11-21(12-16)13-17-8-9-19(24-17)18-3-1-2-10-22-18/h4-9,16,18H,1-3,10-13H2/t18-/m1/s1. The van der Waals surface area contributed by atoms with E-state index in [1.807, 2.05) is 11.3 Å². The normalized spacial score (nSPS) is 22.3. The van der Waals surface area contributed by atoms with Crippen LogP contribution in [0.5, 0.6) is 5.75 Å². The van der Waals surface area contributed by atoms with Crippen LogP contribution in [0.3, 0.4) is 0 Å². The van der Waals surface area contributed by atoms with E-state index in [0.29, 0.717) is 6.10 Å². The third-order valence-corrected chi connectivity index (χ3v) is 5.76. The Balaban J connectivity index is 1.24. The molecule has 1 aromatic heterocycles. The van der Waals surface area contributed by atoms with Crippen LogP contribution in [-0.2, 0) is 11.3 Å². The largest absolute Gasteiger partial charge is 0.488 e. The smallest absolute Gasteiger partial charge is 0.124 e. The highest BCUT2D eigenvalue weighted by Crippen LogP contribution is 2.33. The number of benzene rings is 1. The van der Waals surface area contributed by atoms with Crippen molar-refractivity contribution in [2.24, 2.45) is 0 Å². The molecule has 0 aliphatic carbocycles. The van der Waals surface area contributed by atoms with Crippen LogP contribution in [-0.4, -0.2) is 30.7 Å². The van der Waals surface area contributed by atoms with E-state index in [-0.39, 0.29) is 11.9 Å². The molecule has 2 fully saturated rings. The topological polar surface area (TPSA) is 21.7 Å². The van der Waals surface area contributed by atoms with Gasteiger partial charge in [-0.1, -0.05) is 0 Å². The molecule has 0 radical (unpaired) electrons. The maximum Gasteiger partial charge on any atom is 0.124 e. The molecule has 2 saturated heterocycles. The molecular weight excluding hydrogens is 325 g/mol. The van der Waals surface area contributed by atoms with Gasteiger partial charge in [0.05, 0.1) is 6.10 Å². The summed E-state index contributed by atoms with van der Waals surface area (Å²) in [6, 6.07) is 10.7. The van der Waals surface area contributed by atoms with Crippen LogP contribution in [0.4, 0.5) is 4.39 Å². The Morgan fingerprint density at radius 2 is 1.96 bits per heavy atom. The molecular formula is C19H22FNO2S. The Morgan fingerprint density at radius 1 is 1.12 bits per heavy atom. The number of nitrogens with zero attached hydrogens (tertiary/aromatic N) is 1. The lowest BCUT2D eigenvalue weighted by atomic mass is 10.1. The summed E-state index contributed by atoms with van der Waals surface area (Å²) in [5.74, 6) is 0.516. The van der Waals surface area contributed by atoms with E-state index in [2.05, 4.69) is 17.0 Å². The average Bonchev–Trinajstić information content (AvgIpc) is 3.04. The number of ether oxygens (including phenoxy) is 2. The van der Waals surface area contributed by atoms with Gasteiger partial charge in [0.15, 0.2) is 0 Å². The summed E-state index contributed by atoms with van der Waals surface area (Å²) < 4.78 is 24.6. The van der Waals surface area contributed by atoms with Gasteiger partial charge in [-0.15, -0.1) is 11.3 Å². The summed E-state index contributed by atoms with van der Waals surface area (Å²) in [5.41, 5.74) is 0. The first-order chi connectivity index (χ1) is 11.8. The van der Waals surface area contributed by atoms with Crippen LogP contribution in [0.25, 0.3) is 0 Å². The molecule has 0 amide bonds. The van der Waals surface area contributed by atoms with Crippen molar-refractivity contribution < 1.29 is 13.9 Å². The first-order valence-electron chi connectivity index (χ1n) is 8.61. The SMILES string of the molecule is Fc1ccc(OC2CN(Cc3ccc([C@H]4CCCCO4)s3)C2)cc1. The molecule has 1 aromatic carbocycles. The first kappa shape index (κ1) is 16.1. The van der Waals surface area contributed by atoms with Crippen LogP contribution in [0, 0.1) is 5.82 Å². The zero-order valence-corrected chi connectivity index (χ0v) is 14.4. The van der Waals surface area contributed by atoms with Gasteiger partial charge in [0.25, 0.3) is 0 Å². The lowest BCUT2D eigenvalue weighted by molar-refractivity contribution is 0.0150. The van der Waals surface area contributed by atoms with Gasteiger partial charge in [-0.2, -0.15) is 0 Å². The number of hydrogen-bond acceptors (Lipinski definition) is 4. The molecule has 4 rings (SSSR count). The van der Waals surface area contributed by atoms with Gasteiger partial charge in [-0.05, 0) is 55.7 Å². The van der Waals surface area contributed by atoms with Crippen molar-refractivity contribution in [2.75, 3.05) is 19.7 Å². The average molecular weight is 347 g/mol. The highest BCUT2D eigenvalue weighted by atomic mass is 32.1. The van der Waals surface area contributed by atoms with E-state index in [9.17, 15) is 4.39 Å². The summed E-state index contributed by atoms with van der Waals surface area (Å²) in [5, 5.41) is 0. The molecule has 0 unspecified atom stereocenters. The molecule has 5 heteroatoms. The summed E-state index contributed by atoms with van der Waals surface area (Å²) >= 11 is 1.87. The van der Waals surface area contributed by atoms with Gasteiger partial charge in [0, 0.05) is 36.0 Å². The van der Waals surface area contributed by atoms with Gasteiger partial charge in [0.1, 0.15) is 17.7 Å². The fourth-order valence-corrected chi connectivity index (χ4v) is 4.41. The molecule has 0 saturated carbocycles. The summed E-state index contributed by atoms with van der Waals surface area (Å²) in [7, 11) is 0. The number of halogens is 1. The van der Waals surface area contributed by atoms with Crippen LogP contribution in [0.2, 0.25) is 0 Å². The minimum absolute atomic E-state index is 0.205. The number of rotatable bonds is 5. The molecule has 3 nitrogen and oxygen atoms in total. The Bertz CT molecular complexity index is 660. The number of likely N-dealkylation sites (tertiary alicyclic amines) is 1. The summed E-state index contributed by atoms with van der Waals surface area (Å²) in [6.07, 6.45) is 4.13. The summed E-state index contributed by atoms with van der Waals surface area (Å²) in [4.78, 5) is 5.13. The lowest BCUT2D eigenvalue weighted by Gasteiger charge is -2.38. The van der Waals surface area contributed by atoms with Crippen molar-refractivity contribution in [1.82, 2.24) is 4.90 Å². The van der Waals surface area contributed by atoms with E-state index < -0.39 is 0 Å². The third-order valence-electron chi connectivity index (χ3n) is 4.60. The van der Waals surface area contributed by atoms with Crippen LogP contribution >= 0.6 is 11.3 Å². The Hall–Kier alpha value is -1.43. The van der Waals surface area contributed by atoms with E-state index in [4.69, 9.17) is 9.47 Å². The van der Waals surface area contributed by atoms with E-state index in [1.54, 1.807) is 12.1 Å². The quantitative estimate of drug-likeness (QED) is 0.800. The fourth-order valence-electron chi connectivity index (χ4n) is 3.27. The fraction of sp³-hybridized carbons (Fsp3) is 0.474. The third kappa shape index (κ3) is 3.79. The molecule has 2 aliphatic rings. The molecule has 2 aromatic rings. The van der Waals surface area contributed by atoms with Crippen LogP contribution < -0.4 is 4.74 Å². The van der Waals surface area contributed by atoms with Crippen molar-refractivity contribution in [2.45, 2.75) is 38.0 Å². The van der Waals surface area contributed by atoms with E-state index in [1.165, 1.54) is 34.7 Å². The van der Waals surface area contributed by atoms with Gasteiger partial charge in [0.2, 0.25) is 0 Å². The Kier molecular flexibility index (Phi) is 4.83. The van der Waals surface area contributed by atoms with Crippen molar-refractivity contribution in [3.8, 4) is 5.75 Å². The molecule has 0 N–H and O–H groups in total. The number of hydrogen-bond donors (Lipinski definition) is 0. The lowest BCUT2D eigenvalue weighted by Crippen LogP contribution is -2.52. The second kappa shape index (κ2) is 7.21. The second-order valence-corrected chi connectivity index (χ2v) is 7.75. The minimum atomic E-state index is -0.229.